The number of aromatic nitrogens is 1. The van der Waals surface area contributed by atoms with Gasteiger partial charge >= 0.3 is 0 Å². The molecule has 2 unspecified atom stereocenters. The van der Waals surface area contributed by atoms with E-state index in [0.717, 1.165) is 91.8 Å². The van der Waals surface area contributed by atoms with Crippen LogP contribution in [0.3, 0.4) is 0 Å². The zero-order chi connectivity index (χ0) is 35.6. The van der Waals surface area contributed by atoms with Crippen LogP contribution in [0.25, 0.3) is 11.3 Å². The van der Waals surface area contributed by atoms with Crippen LogP contribution < -0.4 is 5.73 Å². The van der Waals surface area contributed by atoms with Crippen molar-refractivity contribution < 1.29 is 19.5 Å². The monoisotopic (exact) mass is 668 g/mol. The Morgan fingerprint density at radius 2 is 1.83 bits per heavy atom. The Morgan fingerprint density at radius 1 is 1.15 bits per heavy atom. The number of allylic oxidation sites excluding steroid dienone is 4. The van der Waals surface area contributed by atoms with Crippen molar-refractivity contribution in [2.24, 2.45) is 10.7 Å². The zero-order valence-electron chi connectivity index (χ0n) is 30.3. The van der Waals surface area contributed by atoms with Crippen molar-refractivity contribution in [3.63, 3.8) is 0 Å². The molecule has 8 nitrogen and oxygen atoms in total. The third-order valence-corrected chi connectivity index (χ3v) is 8.67. The summed E-state index contributed by atoms with van der Waals surface area (Å²) in [7, 11) is 2.00. The highest BCUT2D eigenvalue weighted by Gasteiger charge is 2.22. The van der Waals surface area contributed by atoms with Gasteiger partial charge in [0.2, 0.25) is 0 Å². The van der Waals surface area contributed by atoms with Crippen molar-refractivity contribution in [3.05, 3.63) is 75.8 Å². The van der Waals surface area contributed by atoms with Crippen molar-refractivity contribution in [2.75, 3.05) is 20.0 Å². The molecule has 9 heteroatoms. The number of thioether (sulfide) groups is 1. The SMILES string of the molecule is CC=N/C(C)=C(C(=C\CCC)/CCCC#N)\C(N)=C(/C)CC.CO.CO.Cc1noc(-c2ccccc2)c1CSCC1CCC(C)O1. The predicted molar refractivity (Wildman–Crippen MR) is 199 cm³/mol. The van der Waals surface area contributed by atoms with Gasteiger partial charge in [-0.15, -0.1) is 0 Å². The predicted octanol–water partition coefficient (Wildman–Crippen LogP) is 9.08. The molecule has 1 fully saturated rings. The molecule has 2 aromatic rings. The molecule has 0 amide bonds. The van der Waals surface area contributed by atoms with Crippen LogP contribution in [0, 0.1) is 18.3 Å². The number of nitrogens with two attached hydrogens (primary N) is 1. The van der Waals surface area contributed by atoms with Gasteiger partial charge in [0.1, 0.15) is 0 Å². The fraction of sp³-hybridized carbons (Fsp3) is 0.553. The van der Waals surface area contributed by atoms with Gasteiger partial charge in [0.25, 0.3) is 0 Å². The molecule has 2 atom stereocenters. The number of aliphatic hydroxyl groups is 2. The number of ether oxygens (including phenoxy) is 1. The lowest BCUT2D eigenvalue weighted by molar-refractivity contribution is 0.0700. The molecule has 1 saturated heterocycles. The first kappa shape index (κ1) is 43.8. The lowest BCUT2D eigenvalue weighted by Crippen LogP contribution is -2.11. The molecule has 1 aromatic carbocycles. The van der Waals surface area contributed by atoms with E-state index in [2.05, 4.69) is 62.1 Å². The van der Waals surface area contributed by atoms with Crippen LogP contribution in [0.1, 0.15) is 104 Å². The Balaban J connectivity index is 0.000000814. The average Bonchev–Trinajstić information content (AvgIpc) is 3.69. The van der Waals surface area contributed by atoms with E-state index in [1.54, 1.807) is 6.21 Å². The summed E-state index contributed by atoms with van der Waals surface area (Å²) in [4.78, 5) is 4.45. The molecule has 47 heavy (non-hydrogen) atoms. The molecular weight excluding hydrogens is 609 g/mol. The van der Waals surface area contributed by atoms with E-state index in [9.17, 15) is 0 Å². The summed E-state index contributed by atoms with van der Waals surface area (Å²) in [6, 6.07) is 12.4. The first-order chi connectivity index (χ1) is 22.8. The van der Waals surface area contributed by atoms with Gasteiger partial charge in [0.05, 0.1) is 24.0 Å². The van der Waals surface area contributed by atoms with Crippen LogP contribution in [-0.2, 0) is 10.5 Å². The number of hydrogen-bond acceptors (Lipinski definition) is 9. The second-order valence-corrected chi connectivity index (χ2v) is 12.1. The van der Waals surface area contributed by atoms with Crippen molar-refractivity contribution >= 4 is 18.0 Å². The van der Waals surface area contributed by atoms with Crippen LogP contribution >= 0.6 is 11.8 Å². The number of aryl methyl sites for hydroxylation is 1. The summed E-state index contributed by atoms with van der Waals surface area (Å²) in [6.45, 7) is 14.4. The lowest BCUT2D eigenvalue weighted by atomic mass is 9.92. The minimum absolute atomic E-state index is 0.408. The van der Waals surface area contributed by atoms with Gasteiger partial charge in [-0.25, -0.2) is 0 Å². The lowest BCUT2D eigenvalue weighted by Gasteiger charge is -2.17. The van der Waals surface area contributed by atoms with Gasteiger partial charge in [-0.2, -0.15) is 17.0 Å². The molecule has 4 N–H and O–H groups in total. The number of benzene rings is 1. The maximum atomic E-state index is 8.78. The summed E-state index contributed by atoms with van der Waals surface area (Å²) < 4.78 is 11.4. The minimum atomic E-state index is 0.408. The third-order valence-electron chi connectivity index (χ3n) is 7.57. The molecule has 0 spiro atoms. The topological polar surface area (TPSA) is 138 Å². The fourth-order valence-corrected chi connectivity index (χ4v) is 6.11. The van der Waals surface area contributed by atoms with E-state index < -0.39 is 0 Å². The number of rotatable bonds is 14. The quantitative estimate of drug-likeness (QED) is 0.103. The van der Waals surface area contributed by atoms with Gasteiger partial charge in [-0.05, 0) is 84.3 Å². The van der Waals surface area contributed by atoms with Crippen molar-refractivity contribution in [3.8, 4) is 17.4 Å². The Hall–Kier alpha value is -3.16. The van der Waals surface area contributed by atoms with Crippen LogP contribution in [-0.4, -0.2) is 53.8 Å². The van der Waals surface area contributed by atoms with Crippen molar-refractivity contribution in [1.29, 1.82) is 5.26 Å². The summed E-state index contributed by atoms with van der Waals surface area (Å²) in [6.07, 6.45) is 12.6. The first-order valence-electron chi connectivity index (χ1n) is 16.6. The van der Waals surface area contributed by atoms with Crippen LogP contribution in [0.2, 0.25) is 0 Å². The molecule has 1 aliphatic heterocycles. The summed E-state index contributed by atoms with van der Waals surface area (Å²) in [5.74, 6) is 2.87. The molecule has 3 rings (SSSR count). The number of unbranched alkanes of at least 4 members (excludes halogenated alkanes) is 2. The van der Waals surface area contributed by atoms with Crippen LogP contribution in [0.15, 0.2) is 74.0 Å². The molecule has 0 saturated carbocycles. The van der Waals surface area contributed by atoms with E-state index in [1.807, 2.05) is 50.7 Å². The molecule has 0 radical (unpaired) electrons. The summed E-state index contributed by atoms with van der Waals surface area (Å²) in [5, 5.41) is 26.9. The van der Waals surface area contributed by atoms with Gasteiger partial charge in [0, 0.05) is 66.5 Å². The van der Waals surface area contributed by atoms with E-state index in [0.29, 0.717) is 18.6 Å². The second-order valence-electron chi connectivity index (χ2n) is 11.0. The molecule has 2 heterocycles. The largest absolute Gasteiger partial charge is 0.400 e. The fourth-order valence-electron chi connectivity index (χ4n) is 4.94. The van der Waals surface area contributed by atoms with Crippen molar-refractivity contribution in [1.82, 2.24) is 5.16 Å². The Labute approximate surface area is 288 Å². The third kappa shape index (κ3) is 16.0. The van der Waals surface area contributed by atoms with Crippen molar-refractivity contribution in [2.45, 2.75) is 118 Å². The Bertz CT molecular complexity index is 1290. The van der Waals surface area contributed by atoms with Crippen LogP contribution in [0.4, 0.5) is 0 Å². The van der Waals surface area contributed by atoms with E-state index >= 15 is 0 Å². The van der Waals surface area contributed by atoms with E-state index in [-0.39, 0.29) is 0 Å². The normalized spacial score (nSPS) is 16.9. The molecule has 1 aliphatic rings. The first-order valence-corrected chi connectivity index (χ1v) is 17.8. The van der Waals surface area contributed by atoms with E-state index in [1.165, 1.54) is 29.6 Å². The summed E-state index contributed by atoms with van der Waals surface area (Å²) in [5.41, 5.74) is 15.0. The number of aliphatic imine (C=N–C) groups is 1. The van der Waals surface area contributed by atoms with Crippen LogP contribution in [0.5, 0.6) is 0 Å². The minimum Gasteiger partial charge on any atom is -0.400 e. The van der Waals surface area contributed by atoms with Gasteiger partial charge in [0.15, 0.2) is 5.76 Å². The van der Waals surface area contributed by atoms with Gasteiger partial charge in [-0.3, -0.25) is 4.99 Å². The smallest absolute Gasteiger partial charge is 0.171 e. The number of nitrogens with zero attached hydrogens (tertiary/aromatic N) is 3. The summed E-state index contributed by atoms with van der Waals surface area (Å²) >= 11 is 1.91. The number of hydrogen-bond donors (Lipinski definition) is 3. The molecular formula is C38H60N4O4S. The standard InChI is InChI=1S/C19H31N3.C17H21NO2S.2CH4O/c1-6-9-12-17(13-10-11-14-20)18(16(5)22-8-3)19(21)15(4)7-2;1-12-8-9-15(19-12)10-21-11-16-13(2)18-20-17(16)14-6-4-3-5-7-14;2*1-2/h8,12H,6-7,9-11,13,21H2,1-5H3;3-7,12,15H,8-11H2,1-2H3;2*2H,1H3/b17-12-,18-16-,19-15-,22-8?;;;. The zero-order valence-corrected chi connectivity index (χ0v) is 31.1. The maximum Gasteiger partial charge on any atom is 0.171 e. The Morgan fingerprint density at radius 3 is 2.38 bits per heavy atom. The Kier molecular flexibility index (Phi) is 25.1. The average molecular weight is 669 g/mol. The highest BCUT2D eigenvalue weighted by molar-refractivity contribution is 7.98. The van der Waals surface area contributed by atoms with E-state index in [4.69, 9.17) is 30.5 Å². The highest BCUT2D eigenvalue weighted by Crippen LogP contribution is 2.31. The number of aliphatic hydroxyl groups excluding tert-OH is 2. The molecule has 0 bridgehead atoms. The molecule has 1 aromatic heterocycles. The highest BCUT2D eigenvalue weighted by atomic mass is 32.2. The molecule has 262 valence electrons. The molecule has 0 aliphatic carbocycles. The second kappa shape index (κ2) is 26.9. The van der Waals surface area contributed by atoms with Gasteiger partial charge < -0.3 is 25.2 Å². The number of nitriles is 1. The van der Waals surface area contributed by atoms with Gasteiger partial charge in [-0.1, -0.05) is 61.8 Å². The maximum absolute atomic E-state index is 8.78.